The normalized spacial score (nSPS) is 14.1. The third-order valence-electron chi connectivity index (χ3n) is 4.35. The van der Waals surface area contributed by atoms with Gasteiger partial charge in [0.1, 0.15) is 22.4 Å². The van der Waals surface area contributed by atoms with Crippen molar-refractivity contribution in [1.29, 1.82) is 5.41 Å². The third kappa shape index (κ3) is 3.29. The monoisotopic (exact) mass is 397 g/mol. The molecule has 1 aliphatic heterocycles. The van der Waals surface area contributed by atoms with E-state index >= 15 is 0 Å². The lowest BCUT2D eigenvalue weighted by molar-refractivity contribution is 0.411. The van der Waals surface area contributed by atoms with Gasteiger partial charge in [-0.2, -0.15) is 0 Å². The van der Waals surface area contributed by atoms with E-state index in [1.165, 1.54) is 11.3 Å². The van der Waals surface area contributed by atoms with Gasteiger partial charge in [-0.25, -0.2) is 4.98 Å². The topological polar surface area (TPSA) is 69.4 Å². The molecule has 4 rings (SSSR count). The molecule has 0 unspecified atom stereocenters. The van der Waals surface area contributed by atoms with Crippen LogP contribution in [0.25, 0.3) is 16.8 Å². The zero-order valence-electron chi connectivity index (χ0n) is 14.4. The van der Waals surface area contributed by atoms with E-state index in [2.05, 4.69) is 4.98 Å². The summed E-state index contributed by atoms with van der Waals surface area (Å²) in [4.78, 5) is 6.36. The van der Waals surface area contributed by atoms with Crippen LogP contribution in [0.4, 0.5) is 5.69 Å². The standard InChI is InChI=1S/C20H16ClN3O2S/c1-26-15-8-6-14(7-9-15)24-10-17(25)18(19(24)22)20-23-16(11-27-20)12-2-4-13(21)5-3-12/h2-9,11,22,25H,10H2,1H3. The van der Waals surface area contributed by atoms with Gasteiger partial charge in [-0.3, -0.25) is 5.41 Å². The van der Waals surface area contributed by atoms with Crippen LogP contribution in [0.1, 0.15) is 5.01 Å². The molecular weight excluding hydrogens is 382 g/mol. The molecule has 136 valence electrons. The van der Waals surface area contributed by atoms with Crippen LogP contribution in [0, 0.1) is 5.41 Å². The fourth-order valence-corrected chi connectivity index (χ4v) is 3.95. The molecule has 1 aromatic heterocycles. The van der Waals surface area contributed by atoms with Crippen LogP contribution in [-0.4, -0.2) is 29.6 Å². The average Bonchev–Trinajstić information content (AvgIpc) is 3.27. The first-order chi connectivity index (χ1) is 13.1. The van der Waals surface area contributed by atoms with Crippen LogP contribution >= 0.6 is 22.9 Å². The van der Waals surface area contributed by atoms with E-state index in [9.17, 15) is 5.11 Å². The molecule has 2 N–H and O–H groups in total. The van der Waals surface area contributed by atoms with E-state index in [-0.39, 0.29) is 18.1 Å². The second-order valence-corrected chi connectivity index (χ2v) is 7.29. The van der Waals surface area contributed by atoms with E-state index in [1.54, 1.807) is 12.0 Å². The van der Waals surface area contributed by atoms with Crippen LogP contribution in [0.15, 0.2) is 59.7 Å². The van der Waals surface area contributed by atoms with E-state index in [0.29, 0.717) is 15.6 Å². The molecule has 5 nitrogen and oxygen atoms in total. The van der Waals surface area contributed by atoms with Crippen molar-refractivity contribution in [2.75, 3.05) is 18.6 Å². The number of halogens is 1. The molecule has 0 fully saturated rings. The van der Waals surface area contributed by atoms with Gasteiger partial charge >= 0.3 is 0 Å². The summed E-state index contributed by atoms with van der Waals surface area (Å²) >= 11 is 7.35. The fourth-order valence-electron chi connectivity index (χ4n) is 2.93. The van der Waals surface area contributed by atoms with Crippen molar-refractivity contribution >= 4 is 40.0 Å². The molecule has 27 heavy (non-hydrogen) atoms. The number of ether oxygens (including phenoxy) is 1. The number of rotatable bonds is 4. The highest BCUT2D eigenvalue weighted by molar-refractivity contribution is 7.11. The lowest BCUT2D eigenvalue weighted by atomic mass is 10.2. The summed E-state index contributed by atoms with van der Waals surface area (Å²) in [6.45, 7) is 0.246. The molecule has 1 aliphatic rings. The van der Waals surface area contributed by atoms with Gasteiger partial charge in [0.2, 0.25) is 0 Å². The van der Waals surface area contributed by atoms with E-state index in [0.717, 1.165) is 22.7 Å². The molecule has 0 saturated heterocycles. The molecule has 0 bridgehead atoms. The first-order valence-electron chi connectivity index (χ1n) is 8.21. The molecule has 0 atom stereocenters. The van der Waals surface area contributed by atoms with Crippen LogP contribution in [-0.2, 0) is 0 Å². The van der Waals surface area contributed by atoms with Crippen LogP contribution in [0.5, 0.6) is 5.75 Å². The first kappa shape index (κ1) is 17.6. The van der Waals surface area contributed by atoms with Gasteiger partial charge in [0, 0.05) is 21.7 Å². The van der Waals surface area contributed by atoms with Crippen molar-refractivity contribution in [3.05, 3.63) is 69.7 Å². The number of nitrogens with one attached hydrogen (secondary N) is 1. The maximum atomic E-state index is 10.5. The molecule has 0 aliphatic carbocycles. The summed E-state index contributed by atoms with van der Waals surface area (Å²) in [5.41, 5.74) is 3.02. The highest BCUT2D eigenvalue weighted by Gasteiger charge is 2.31. The number of aliphatic hydroxyl groups is 1. The molecule has 7 heteroatoms. The lowest BCUT2D eigenvalue weighted by Gasteiger charge is -2.18. The van der Waals surface area contributed by atoms with Crippen molar-refractivity contribution in [1.82, 2.24) is 4.98 Å². The predicted octanol–water partition coefficient (Wildman–Crippen LogP) is 5.24. The van der Waals surface area contributed by atoms with Crippen LogP contribution in [0.2, 0.25) is 5.02 Å². The third-order valence-corrected chi connectivity index (χ3v) is 5.46. The minimum Gasteiger partial charge on any atom is -0.510 e. The van der Waals surface area contributed by atoms with Gasteiger partial charge in [0.05, 0.1) is 24.9 Å². The van der Waals surface area contributed by atoms with Crippen molar-refractivity contribution in [3.63, 3.8) is 0 Å². The molecule has 0 amide bonds. The predicted molar refractivity (Wildman–Crippen MR) is 110 cm³/mol. The van der Waals surface area contributed by atoms with Gasteiger partial charge in [-0.1, -0.05) is 23.7 Å². The van der Waals surface area contributed by atoms with E-state index in [4.69, 9.17) is 21.7 Å². The van der Waals surface area contributed by atoms with E-state index in [1.807, 2.05) is 53.9 Å². The second kappa shape index (κ2) is 7.06. The lowest BCUT2D eigenvalue weighted by Crippen LogP contribution is -2.25. The summed E-state index contributed by atoms with van der Waals surface area (Å²) in [6, 6.07) is 14.8. The smallest absolute Gasteiger partial charge is 0.139 e. The number of thiazole rings is 1. The van der Waals surface area contributed by atoms with E-state index < -0.39 is 0 Å². The quantitative estimate of drug-likeness (QED) is 0.631. The number of aromatic nitrogens is 1. The van der Waals surface area contributed by atoms with Gasteiger partial charge in [0.15, 0.2) is 0 Å². The molecule has 2 heterocycles. The number of aliphatic hydroxyl groups excluding tert-OH is 1. The number of nitrogens with zero attached hydrogens (tertiary/aromatic N) is 2. The van der Waals surface area contributed by atoms with Crippen molar-refractivity contribution in [2.45, 2.75) is 0 Å². The Morgan fingerprint density at radius 1 is 1.15 bits per heavy atom. The molecule has 0 spiro atoms. The number of methoxy groups -OCH3 is 1. The van der Waals surface area contributed by atoms with Gasteiger partial charge in [0.25, 0.3) is 0 Å². The van der Waals surface area contributed by atoms with Crippen molar-refractivity contribution in [2.24, 2.45) is 0 Å². The zero-order valence-corrected chi connectivity index (χ0v) is 16.0. The Kier molecular flexibility index (Phi) is 4.59. The minimum absolute atomic E-state index is 0.146. The number of hydrogen-bond acceptors (Lipinski definition) is 5. The van der Waals surface area contributed by atoms with Gasteiger partial charge in [-0.05, 0) is 36.4 Å². The Labute approximate surface area is 165 Å². The number of benzene rings is 2. The van der Waals surface area contributed by atoms with Gasteiger partial charge < -0.3 is 14.7 Å². The highest BCUT2D eigenvalue weighted by Crippen LogP contribution is 2.35. The van der Waals surface area contributed by atoms with Crippen LogP contribution < -0.4 is 9.64 Å². The number of anilines is 1. The molecule has 0 saturated carbocycles. The highest BCUT2D eigenvalue weighted by atomic mass is 35.5. The minimum atomic E-state index is 0.146. The Morgan fingerprint density at radius 3 is 2.52 bits per heavy atom. The Bertz CT molecular complexity index is 1030. The largest absolute Gasteiger partial charge is 0.510 e. The molecular formula is C20H16ClN3O2S. The Morgan fingerprint density at radius 2 is 1.85 bits per heavy atom. The summed E-state index contributed by atoms with van der Waals surface area (Å²) in [5, 5.41) is 22.2. The summed E-state index contributed by atoms with van der Waals surface area (Å²) in [7, 11) is 1.61. The van der Waals surface area contributed by atoms with Gasteiger partial charge in [-0.15, -0.1) is 11.3 Å². The number of amidine groups is 1. The van der Waals surface area contributed by atoms with Crippen LogP contribution in [0.3, 0.4) is 0 Å². The summed E-state index contributed by atoms with van der Waals surface area (Å²) < 4.78 is 5.17. The number of hydrogen-bond donors (Lipinski definition) is 2. The van der Waals surface area contributed by atoms with Crippen molar-refractivity contribution < 1.29 is 9.84 Å². The second-order valence-electron chi connectivity index (χ2n) is 6.00. The summed E-state index contributed by atoms with van der Waals surface area (Å²) in [5.74, 6) is 1.12. The molecule has 2 aromatic carbocycles. The molecule has 3 aromatic rings. The molecule has 0 radical (unpaired) electrons. The maximum absolute atomic E-state index is 10.5. The maximum Gasteiger partial charge on any atom is 0.139 e. The Hall–Kier alpha value is -2.83. The summed E-state index contributed by atoms with van der Waals surface area (Å²) in [6.07, 6.45) is 0. The first-order valence-corrected chi connectivity index (χ1v) is 9.47. The zero-order chi connectivity index (χ0) is 19.0. The van der Waals surface area contributed by atoms with Crippen molar-refractivity contribution in [3.8, 4) is 17.0 Å². The SMILES string of the molecule is COc1ccc(N2CC(O)=C(c3nc(-c4ccc(Cl)cc4)cs3)C2=N)cc1. The average molecular weight is 398 g/mol. The fraction of sp³-hybridized carbons (Fsp3) is 0.100. The Balaban J connectivity index is 1.61.